The molecule has 0 fully saturated rings. The number of hydrogen-bond acceptors (Lipinski definition) is 4. The predicted molar refractivity (Wildman–Crippen MR) is 83.3 cm³/mol. The highest BCUT2D eigenvalue weighted by Gasteiger charge is 2.29. The number of carboxylic acids is 1. The maximum Gasteiger partial charge on any atom is 0.356 e. The van der Waals surface area contributed by atoms with Crippen LogP contribution in [-0.4, -0.2) is 25.8 Å². The van der Waals surface area contributed by atoms with Gasteiger partial charge in [0.15, 0.2) is 11.5 Å². The monoisotopic (exact) mass is 309 g/mol. The fraction of sp³-hybridized carbons (Fsp3) is 0.0625. The summed E-state index contributed by atoms with van der Waals surface area (Å²) in [4.78, 5) is 17.0. The minimum absolute atomic E-state index is 0.0997. The first-order valence-corrected chi connectivity index (χ1v) is 7.73. The standard InChI is InChI=1S/C16H11N3O2S/c20-16(21)14-11-9-22-12-6-2-1-5-10(12)15(11)19(18-14)13-7-3-4-8-17-13/h1-8H,9H2,(H,20,21). The molecule has 22 heavy (non-hydrogen) atoms. The molecule has 0 radical (unpaired) electrons. The molecular formula is C16H11N3O2S. The summed E-state index contributed by atoms with van der Waals surface area (Å²) >= 11 is 1.63. The fourth-order valence-electron chi connectivity index (χ4n) is 2.62. The second-order valence-corrected chi connectivity index (χ2v) is 5.88. The zero-order valence-electron chi connectivity index (χ0n) is 11.4. The Morgan fingerprint density at radius 2 is 2.00 bits per heavy atom. The largest absolute Gasteiger partial charge is 0.476 e. The third kappa shape index (κ3) is 1.92. The molecule has 5 nitrogen and oxygen atoms in total. The Morgan fingerprint density at radius 1 is 1.18 bits per heavy atom. The molecule has 1 N–H and O–H groups in total. The van der Waals surface area contributed by atoms with E-state index in [0.29, 0.717) is 11.6 Å². The lowest BCUT2D eigenvalue weighted by Gasteiger charge is -2.17. The van der Waals surface area contributed by atoms with Crippen LogP contribution in [0.5, 0.6) is 0 Å². The molecule has 0 unspecified atom stereocenters. The SMILES string of the molecule is O=C(O)c1nn(-c2ccccn2)c2c1CSc1ccccc1-2. The molecule has 6 heteroatoms. The normalized spacial score (nSPS) is 12.5. The van der Waals surface area contributed by atoms with E-state index in [2.05, 4.69) is 10.1 Å². The van der Waals surface area contributed by atoms with Crippen molar-refractivity contribution in [3.63, 3.8) is 0 Å². The number of hydrogen-bond donors (Lipinski definition) is 1. The lowest BCUT2D eigenvalue weighted by atomic mass is 10.1. The van der Waals surface area contributed by atoms with Gasteiger partial charge < -0.3 is 5.11 Å². The molecule has 4 rings (SSSR count). The molecule has 1 aromatic carbocycles. The van der Waals surface area contributed by atoms with Gasteiger partial charge in [0, 0.05) is 28.0 Å². The zero-order chi connectivity index (χ0) is 15.1. The molecule has 0 aliphatic carbocycles. The molecule has 0 bridgehead atoms. The molecule has 0 spiro atoms. The number of aromatic nitrogens is 3. The molecule has 0 amide bonds. The van der Waals surface area contributed by atoms with Gasteiger partial charge in [0.2, 0.25) is 0 Å². The van der Waals surface area contributed by atoms with Crippen molar-refractivity contribution in [2.75, 3.05) is 0 Å². The molecular weight excluding hydrogens is 298 g/mol. The maximum atomic E-state index is 11.5. The van der Waals surface area contributed by atoms with E-state index < -0.39 is 5.97 Å². The van der Waals surface area contributed by atoms with Crippen molar-refractivity contribution in [1.82, 2.24) is 14.8 Å². The van der Waals surface area contributed by atoms with E-state index in [1.165, 1.54) is 0 Å². The first-order chi connectivity index (χ1) is 10.8. The van der Waals surface area contributed by atoms with E-state index >= 15 is 0 Å². The summed E-state index contributed by atoms with van der Waals surface area (Å²) < 4.78 is 1.64. The maximum absolute atomic E-state index is 11.5. The third-order valence-electron chi connectivity index (χ3n) is 3.57. The first kappa shape index (κ1) is 13.1. The van der Waals surface area contributed by atoms with Crippen LogP contribution in [0.4, 0.5) is 0 Å². The Labute approximate surface area is 130 Å². The lowest BCUT2D eigenvalue weighted by Crippen LogP contribution is -2.04. The Bertz CT molecular complexity index is 874. The van der Waals surface area contributed by atoms with Crippen LogP contribution in [0.2, 0.25) is 0 Å². The van der Waals surface area contributed by atoms with Gasteiger partial charge in [-0.25, -0.2) is 14.5 Å². The van der Waals surface area contributed by atoms with E-state index in [9.17, 15) is 9.90 Å². The summed E-state index contributed by atoms with van der Waals surface area (Å²) in [5.41, 5.74) is 2.68. The first-order valence-electron chi connectivity index (χ1n) is 6.74. The molecule has 1 aliphatic rings. The van der Waals surface area contributed by atoms with Crippen molar-refractivity contribution in [3.8, 4) is 17.1 Å². The molecule has 108 valence electrons. The van der Waals surface area contributed by atoms with Crippen LogP contribution in [-0.2, 0) is 5.75 Å². The van der Waals surface area contributed by atoms with Crippen molar-refractivity contribution in [3.05, 3.63) is 59.9 Å². The number of carboxylic acid groups (broad SMARTS) is 1. The number of thioether (sulfide) groups is 1. The molecule has 3 heterocycles. The highest BCUT2D eigenvalue weighted by Crippen LogP contribution is 2.43. The van der Waals surface area contributed by atoms with E-state index in [0.717, 1.165) is 21.7 Å². The Hall–Kier alpha value is -2.60. The minimum atomic E-state index is -1.01. The van der Waals surface area contributed by atoms with Crippen LogP contribution in [0.15, 0.2) is 53.6 Å². The second-order valence-electron chi connectivity index (χ2n) is 4.87. The number of rotatable bonds is 2. The van der Waals surface area contributed by atoms with Crippen LogP contribution in [0.25, 0.3) is 17.1 Å². The summed E-state index contributed by atoms with van der Waals surface area (Å²) in [6.45, 7) is 0. The summed E-state index contributed by atoms with van der Waals surface area (Å²) in [6, 6.07) is 13.5. The van der Waals surface area contributed by atoms with Gasteiger partial charge in [0.1, 0.15) is 0 Å². The number of benzene rings is 1. The third-order valence-corrected chi connectivity index (χ3v) is 4.67. The summed E-state index contributed by atoms with van der Waals surface area (Å²) in [5, 5.41) is 13.7. The highest BCUT2D eigenvalue weighted by atomic mass is 32.2. The molecule has 1 aliphatic heterocycles. The van der Waals surface area contributed by atoms with Crippen LogP contribution in [0.3, 0.4) is 0 Å². The Morgan fingerprint density at radius 3 is 2.77 bits per heavy atom. The minimum Gasteiger partial charge on any atom is -0.476 e. The van der Waals surface area contributed by atoms with Gasteiger partial charge >= 0.3 is 5.97 Å². The summed E-state index contributed by atoms with van der Waals surface area (Å²) in [7, 11) is 0. The van der Waals surface area contributed by atoms with E-state index in [1.807, 2.05) is 42.5 Å². The number of pyridine rings is 1. The number of carbonyl (C=O) groups is 1. The number of fused-ring (bicyclic) bond motifs is 3. The average molecular weight is 309 g/mol. The van der Waals surface area contributed by atoms with Crippen molar-refractivity contribution in [2.24, 2.45) is 0 Å². The van der Waals surface area contributed by atoms with Gasteiger partial charge in [-0.1, -0.05) is 24.3 Å². The van der Waals surface area contributed by atoms with Crippen molar-refractivity contribution in [2.45, 2.75) is 10.6 Å². The van der Waals surface area contributed by atoms with Gasteiger partial charge in [0.25, 0.3) is 0 Å². The van der Waals surface area contributed by atoms with E-state index in [4.69, 9.17) is 0 Å². The smallest absolute Gasteiger partial charge is 0.356 e. The molecule has 2 aromatic heterocycles. The van der Waals surface area contributed by atoms with Crippen molar-refractivity contribution < 1.29 is 9.90 Å². The quantitative estimate of drug-likeness (QED) is 0.787. The topological polar surface area (TPSA) is 68.0 Å². The summed E-state index contributed by atoms with van der Waals surface area (Å²) in [6.07, 6.45) is 1.67. The van der Waals surface area contributed by atoms with Gasteiger partial charge in [0.05, 0.1) is 5.69 Å². The van der Waals surface area contributed by atoms with Crippen LogP contribution in [0, 0.1) is 0 Å². The Balaban J connectivity index is 2.04. The van der Waals surface area contributed by atoms with Gasteiger partial charge in [-0.15, -0.1) is 11.8 Å². The lowest BCUT2D eigenvalue weighted by molar-refractivity contribution is 0.0689. The number of nitrogens with zero attached hydrogens (tertiary/aromatic N) is 3. The summed E-state index contributed by atoms with van der Waals surface area (Å²) in [5.74, 6) is 0.208. The van der Waals surface area contributed by atoms with Crippen LogP contribution < -0.4 is 0 Å². The zero-order valence-corrected chi connectivity index (χ0v) is 12.2. The van der Waals surface area contributed by atoms with Gasteiger partial charge in [-0.3, -0.25) is 0 Å². The predicted octanol–water partition coefficient (Wildman–Crippen LogP) is 3.24. The fourth-order valence-corrected chi connectivity index (χ4v) is 3.69. The molecule has 0 atom stereocenters. The van der Waals surface area contributed by atoms with Crippen LogP contribution >= 0.6 is 11.8 Å². The molecule has 3 aromatic rings. The van der Waals surface area contributed by atoms with E-state index in [1.54, 1.807) is 22.6 Å². The Kier molecular flexibility index (Phi) is 2.97. The highest BCUT2D eigenvalue weighted by molar-refractivity contribution is 7.98. The van der Waals surface area contributed by atoms with Crippen molar-refractivity contribution >= 4 is 17.7 Å². The van der Waals surface area contributed by atoms with Gasteiger partial charge in [-0.05, 0) is 18.2 Å². The molecule has 0 saturated carbocycles. The van der Waals surface area contributed by atoms with Gasteiger partial charge in [-0.2, -0.15) is 5.10 Å². The van der Waals surface area contributed by atoms with E-state index in [-0.39, 0.29) is 5.69 Å². The van der Waals surface area contributed by atoms with Crippen molar-refractivity contribution in [1.29, 1.82) is 0 Å². The van der Waals surface area contributed by atoms with Crippen LogP contribution in [0.1, 0.15) is 16.1 Å². The average Bonchev–Trinajstić information content (AvgIpc) is 2.96. The second kappa shape index (κ2) is 4.99. The molecule has 0 saturated heterocycles. The number of aromatic carboxylic acids is 1.